The number of aliphatic hydroxyl groups is 1. The second kappa shape index (κ2) is 16.0. The van der Waals surface area contributed by atoms with E-state index in [0.29, 0.717) is 0 Å². The minimum atomic E-state index is -0.833. The van der Waals surface area contributed by atoms with Crippen molar-refractivity contribution in [2.24, 2.45) is 0 Å². The van der Waals surface area contributed by atoms with Crippen molar-refractivity contribution >= 4 is 5.97 Å². The van der Waals surface area contributed by atoms with Gasteiger partial charge in [0.2, 0.25) is 0 Å². The zero-order valence-electron chi connectivity index (χ0n) is 5.63. The maximum absolute atomic E-state index is 9.05. The molecule has 0 saturated heterocycles. The smallest absolute Gasteiger partial charge is 0.853 e. The van der Waals surface area contributed by atoms with Gasteiger partial charge in [-0.3, -0.25) is 4.79 Å². The van der Waals surface area contributed by atoms with Crippen LogP contribution >= 0.6 is 0 Å². The van der Waals surface area contributed by atoms with E-state index >= 15 is 0 Å². The van der Waals surface area contributed by atoms with Gasteiger partial charge in [-0.25, -0.2) is 0 Å². The minimum absolute atomic E-state index is 0. The third-order valence-electron chi connectivity index (χ3n) is 0.0913. The molecule has 9 heavy (non-hydrogen) atoms. The topological polar surface area (TPSA) is 80.6 Å². The standard InChI is InChI=1S/C2H4O2.C2H5O2.K/c1-2(3)4;3-1-2-4;/h1H3,(H,3,4);3H,1-2H2;/q;-1;+1. The molecule has 0 spiro atoms. The molecule has 0 fully saturated rings. The van der Waals surface area contributed by atoms with E-state index in [-0.39, 0.29) is 64.6 Å². The maximum Gasteiger partial charge on any atom is 1.00 e. The molecular formula is C4H9KO4. The molecule has 4 nitrogen and oxygen atoms in total. The summed E-state index contributed by atoms with van der Waals surface area (Å²) in [5.41, 5.74) is 0. The van der Waals surface area contributed by atoms with E-state index in [4.69, 9.17) is 20.1 Å². The van der Waals surface area contributed by atoms with Gasteiger partial charge in [-0.05, 0) is 0 Å². The Kier molecular flexibility index (Phi) is 29.4. The van der Waals surface area contributed by atoms with Crippen LogP contribution in [0.25, 0.3) is 0 Å². The molecule has 0 bridgehead atoms. The van der Waals surface area contributed by atoms with Gasteiger partial charge in [-0.15, -0.1) is 6.61 Å². The Labute approximate surface area is 96.3 Å². The Hall–Kier alpha value is 1.03. The fourth-order valence-corrected chi connectivity index (χ4v) is 0. The number of rotatable bonds is 1. The molecular weight excluding hydrogens is 151 g/mol. The number of carboxylic acid groups (broad SMARTS) is 1. The molecule has 0 rings (SSSR count). The number of aliphatic carboxylic acids is 1. The number of hydrogen-bond donors (Lipinski definition) is 2. The fourth-order valence-electron chi connectivity index (χ4n) is 0. The van der Waals surface area contributed by atoms with Crippen LogP contribution in [0.1, 0.15) is 6.92 Å². The SMILES string of the molecule is CC(=O)O.[K+].[O-]CCO. The Morgan fingerprint density at radius 1 is 1.67 bits per heavy atom. The summed E-state index contributed by atoms with van der Waals surface area (Å²) < 4.78 is 0. The molecule has 0 radical (unpaired) electrons. The van der Waals surface area contributed by atoms with Gasteiger partial charge in [-0.1, -0.05) is 0 Å². The van der Waals surface area contributed by atoms with Gasteiger partial charge in [0, 0.05) is 13.5 Å². The third-order valence-corrected chi connectivity index (χ3v) is 0.0913. The van der Waals surface area contributed by atoms with E-state index < -0.39 is 5.97 Å². The summed E-state index contributed by atoms with van der Waals surface area (Å²) in [7, 11) is 0. The normalized spacial score (nSPS) is 6.11. The zero-order chi connectivity index (χ0) is 6.99. The second-order valence-corrected chi connectivity index (χ2v) is 0.947. The molecule has 0 aliphatic heterocycles. The van der Waals surface area contributed by atoms with Gasteiger partial charge < -0.3 is 15.3 Å². The van der Waals surface area contributed by atoms with E-state index in [1.807, 2.05) is 0 Å². The first-order valence-electron chi connectivity index (χ1n) is 2.03. The predicted octanol–water partition coefficient (Wildman–Crippen LogP) is -4.57. The summed E-state index contributed by atoms with van der Waals surface area (Å²) in [4.78, 5) is 9.00. The largest absolute Gasteiger partial charge is 1.00 e. The van der Waals surface area contributed by atoms with Gasteiger partial charge in [-0.2, -0.15) is 0 Å². The summed E-state index contributed by atoms with van der Waals surface area (Å²) in [6.07, 6.45) is 0. The van der Waals surface area contributed by atoms with Gasteiger partial charge in [0.15, 0.2) is 0 Å². The van der Waals surface area contributed by atoms with E-state index in [2.05, 4.69) is 0 Å². The van der Waals surface area contributed by atoms with Crippen molar-refractivity contribution in [3.8, 4) is 0 Å². The zero-order valence-corrected chi connectivity index (χ0v) is 8.75. The Balaban J connectivity index is -0.0000000720. The third kappa shape index (κ3) is 109. The van der Waals surface area contributed by atoms with Crippen LogP contribution in [0.15, 0.2) is 0 Å². The van der Waals surface area contributed by atoms with Crippen LogP contribution in [-0.4, -0.2) is 29.4 Å². The summed E-state index contributed by atoms with van der Waals surface area (Å²) in [5.74, 6) is -0.833. The Morgan fingerprint density at radius 3 is 1.78 bits per heavy atom. The van der Waals surface area contributed by atoms with Crippen molar-refractivity contribution in [1.29, 1.82) is 0 Å². The Morgan fingerprint density at radius 2 is 1.78 bits per heavy atom. The molecule has 0 saturated carbocycles. The van der Waals surface area contributed by atoms with Crippen LogP contribution < -0.4 is 56.5 Å². The van der Waals surface area contributed by atoms with Crippen molar-refractivity contribution in [3.63, 3.8) is 0 Å². The van der Waals surface area contributed by atoms with E-state index in [9.17, 15) is 0 Å². The molecule has 0 amide bonds. The average Bonchev–Trinajstić information content (AvgIpc) is 1.65. The fraction of sp³-hybridized carbons (Fsp3) is 0.750. The molecule has 50 valence electrons. The predicted molar refractivity (Wildman–Crippen MR) is 25.3 cm³/mol. The average molecular weight is 160 g/mol. The molecule has 2 N–H and O–H groups in total. The van der Waals surface area contributed by atoms with Crippen LogP contribution in [0.3, 0.4) is 0 Å². The number of carbonyl (C=O) groups is 1. The summed E-state index contributed by atoms with van der Waals surface area (Å²) in [6.45, 7) is 0.472. The van der Waals surface area contributed by atoms with Gasteiger partial charge in [0.1, 0.15) is 0 Å². The van der Waals surface area contributed by atoms with Crippen LogP contribution in [-0.2, 0) is 4.79 Å². The van der Waals surface area contributed by atoms with Crippen LogP contribution in [0.5, 0.6) is 0 Å². The molecule has 0 aromatic rings. The minimum Gasteiger partial charge on any atom is -0.853 e. The van der Waals surface area contributed by atoms with Crippen LogP contribution in [0, 0.1) is 0 Å². The monoisotopic (exact) mass is 160 g/mol. The van der Waals surface area contributed by atoms with Crippen molar-refractivity contribution in [2.45, 2.75) is 6.92 Å². The summed E-state index contributed by atoms with van der Waals surface area (Å²) in [5, 5.41) is 24.0. The molecule has 0 aliphatic carbocycles. The van der Waals surface area contributed by atoms with E-state index in [1.165, 1.54) is 0 Å². The molecule has 0 aromatic heterocycles. The molecule has 0 aliphatic rings. The van der Waals surface area contributed by atoms with E-state index in [1.54, 1.807) is 0 Å². The number of aliphatic hydroxyl groups excluding tert-OH is 1. The van der Waals surface area contributed by atoms with Crippen molar-refractivity contribution in [3.05, 3.63) is 0 Å². The summed E-state index contributed by atoms with van der Waals surface area (Å²) in [6, 6.07) is 0. The van der Waals surface area contributed by atoms with Gasteiger partial charge >= 0.3 is 51.4 Å². The van der Waals surface area contributed by atoms with Crippen LogP contribution in [0.2, 0.25) is 0 Å². The van der Waals surface area contributed by atoms with Crippen molar-refractivity contribution < 1.29 is 71.5 Å². The number of carboxylic acids is 1. The summed E-state index contributed by atoms with van der Waals surface area (Å²) >= 11 is 0. The molecule has 5 heteroatoms. The van der Waals surface area contributed by atoms with Crippen molar-refractivity contribution in [1.82, 2.24) is 0 Å². The molecule has 0 aromatic carbocycles. The first-order chi connectivity index (χ1) is 3.65. The molecule has 0 heterocycles. The van der Waals surface area contributed by atoms with Gasteiger partial charge in [0.05, 0.1) is 0 Å². The molecule has 0 atom stereocenters. The molecule has 0 unspecified atom stereocenters. The Bertz CT molecular complexity index is 50.5. The number of hydrogen-bond acceptors (Lipinski definition) is 3. The first-order valence-corrected chi connectivity index (χ1v) is 2.03. The maximum atomic E-state index is 9.05. The second-order valence-electron chi connectivity index (χ2n) is 0.947. The van der Waals surface area contributed by atoms with Crippen LogP contribution in [0.4, 0.5) is 0 Å². The first kappa shape index (κ1) is 16.5. The van der Waals surface area contributed by atoms with Crippen molar-refractivity contribution in [2.75, 3.05) is 13.2 Å². The van der Waals surface area contributed by atoms with E-state index in [0.717, 1.165) is 6.92 Å². The quantitative estimate of drug-likeness (QED) is 0.378. The van der Waals surface area contributed by atoms with Gasteiger partial charge in [0.25, 0.3) is 5.97 Å².